The smallest absolute Gasteiger partial charge is 0.295 e. The maximum atomic E-state index is 13.1. The molecule has 33 heavy (non-hydrogen) atoms. The van der Waals surface area contributed by atoms with Crippen molar-refractivity contribution in [1.82, 2.24) is 9.80 Å². The molecule has 0 aliphatic carbocycles. The number of carbonyl (C=O) groups is 2. The van der Waals surface area contributed by atoms with Crippen LogP contribution in [0.1, 0.15) is 63.1 Å². The number of rotatable bonds is 12. The zero-order chi connectivity index (χ0) is 23.6. The number of nitrogens with zero attached hydrogens (tertiary/aromatic N) is 2. The fraction of sp³-hybridized carbons (Fsp3) is 0.429. The number of ketones is 1. The van der Waals surface area contributed by atoms with Gasteiger partial charge in [0.25, 0.3) is 11.7 Å². The Bertz CT molecular complexity index is 932. The van der Waals surface area contributed by atoms with E-state index >= 15 is 0 Å². The Labute approximate surface area is 197 Å². The maximum Gasteiger partial charge on any atom is 0.295 e. The van der Waals surface area contributed by atoms with Crippen LogP contribution in [0.4, 0.5) is 0 Å². The molecule has 0 radical (unpaired) electrons. The summed E-state index contributed by atoms with van der Waals surface area (Å²) in [7, 11) is 0. The van der Waals surface area contributed by atoms with E-state index in [4.69, 9.17) is 0 Å². The fourth-order valence-electron chi connectivity index (χ4n) is 4.41. The van der Waals surface area contributed by atoms with Crippen LogP contribution in [-0.2, 0) is 9.59 Å². The Morgan fingerprint density at radius 3 is 1.97 bits per heavy atom. The lowest BCUT2D eigenvalue weighted by Crippen LogP contribution is -2.34. The quantitative estimate of drug-likeness (QED) is 0.268. The third-order valence-corrected chi connectivity index (χ3v) is 6.23. The van der Waals surface area contributed by atoms with Crippen LogP contribution in [0.25, 0.3) is 5.76 Å². The van der Waals surface area contributed by atoms with Crippen molar-refractivity contribution in [3.05, 3.63) is 77.4 Å². The molecule has 1 fully saturated rings. The molecule has 1 aliphatic rings. The van der Waals surface area contributed by atoms with Gasteiger partial charge in [-0.15, -0.1) is 0 Å². The summed E-state index contributed by atoms with van der Waals surface area (Å²) < 4.78 is 0. The lowest BCUT2D eigenvalue weighted by atomic mass is 9.95. The predicted molar refractivity (Wildman–Crippen MR) is 133 cm³/mol. The zero-order valence-electron chi connectivity index (χ0n) is 19.9. The van der Waals surface area contributed by atoms with Gasteiger partial charge in [-0.1, -0.05) is 87.4 Å². The van der Waals surface area contributed by atoms with Crippen molar-refractivity contribution in [2.24, 2.45) is 0 Å². The van der Waals surface area contributed by atoms with Crippen LogP contribution in [0.3, 0.4) is 0 Å². The molecular weight excluding hydrogens is 412 g/mol. The molecule has 1 saturated heterocycles. The van der Waals surface area contributed by atoms with Gasteiger partial charge in [0, 0.05) is 12.1 Å². The topological polar surface area (TPSA) is 60.9 Å². The Morgan fingerprint density at radius 2 is 1.39 bits per heavy atom. The fourth-order valence-corrected chi connectivity index (χ4v) is 4.41. The highest BCUT2D eigenvalue weighted by atomic mass is 16.3. The number of hydrogen-bond acceptors (Lipinski definition) is 4. The summed E-state index contributed by atoms with van der Waals surface area (Å²) in [6.45, 7) is 7.89. The van der Waals surface area contributed by atoms with Gasteiger partial charge in [-0.25, -0.2) is 0 Å². The lowest BCUT2D eigenvalue weighted by molar-refractivity contribution is -0.140. The van der Waals surface area contributed by atoms with Crippen LogP contribution in [-0.4, -0.2) is 52.8 Å². The zero-order valence-corrected chi connectivity index (χ0v) is 19.9. The summed E-state index contributed by atoms with van der Waals surface area (Å²) in [6.07, 6.45) is 5.43. The molecular formula is C28H36N2O3. The third kappa shape index (κ3) is 6.11. The molecule has 2 aromatic carbocycles. The van der Waals surface area contributed by atoms with Crippen LogP contribution < -0.4 is 0 Å². The minimum atomic E-state index is -0.612. The summed E-state index contributed by atoms with van der Waals surface area (Å²) in [4.78, 5) is 30.3. The molecule has 1 atom stereocenters. The number of Topliss-reactive ketones (excluding diaryl/α,β-unsaturated/α-hetero) is 1. The number of amides is 1. The van der Waals surface area contributed by atoms with Crippen molar-refractivity contribution in [3.63, 3.8) is 0 Å². The highest BCUT2D eigenvalue weighted by Crippen LogP contribution is 2.39. The second-order valence-electron chi connectivity index (χ2n) is 8.67. The first-order chi connectivity index (χ1) is 16.1. The molecule has 1 N–H and O–H groups in total. The molecule has 2 aromatic rings. The standard InChI is InChI=1S/C28H36N2O3/c1-3-5-18-29(19-6-4-2)20-13-21-30-25(22-14-9-7-10-15-22)24(27(32)28(30)33)26(31)23-16-11-8-12-17-23/h7-12,14-17,25,31H,3-6,13,18-21H2,1-2H3/b26-24+. The molecule has 1 heterocycles. The SMILES string of the molecule is CCCCN(CCCC)CCCN1C(=O)C(=O)/C(=C(/O)c2ccccc2)C1c1ccccc1. The summed E-state index contributed by atoms with van der Waals surface area (Å²) in [5.74, 6) is -1.26. The van der Waals surface area contributed by atoms with Crippen LogP contribution in [0.2, 0.25) is 0 Å². The average Bonchev–Trinajstić information content (AvgIpc) is 3.11. The second kappa shape index (κ2) is 12.4. The van der Waals surface area contributed by atoms with Crippen molar-refractivity contribution in [1.29, 1.82) is 0 Å². The molecule has 5 heteroatoms. The van der Waals surface area contributed by atoms with E-state index in [0.717, 1.165) is 57.3 Å². The molecule has 1 aliphatic heterocycles. The molecule has 5 nitrogen and oxygen atoms in total. The number of hydrogen-bond donors (Lipinski definition) is 1. The number of aliphatic hydroxyl groups excluding tert-OH is 1. The minimum absolute atomic E-state index is 0.113. The van der Waals surface area contributed by atoms with E-state index in [2.05, 4.69) is 18.7 Å². The maximum absolute atomic E-state index is 13.1. The largest absolute Gasteiger partial charge is 0.507 e. The Hall–Kier alpha value is -2.92. The normalized spacial score (nSPS) is 17.8. The molecule has 1 unspecified atom stereocenters. The Balaban J connectivity index is 1.85. The highest BCUT2D eigenvalue weighted by molar-refractivity contribution is 6.46. The first kappa shape index (κ1) is 24.7. The first-order valence-corrected chi connectivity index (χ1v) is 12.2. The average molecular weight is 449 g/mol. The summed E-state index contributed by atoms with van der Waals surface area (Å²) in [6, 6.07) is 17.9. The van der Waals surface area contributed by atoms with Crippen LogP contribution in [0, 0.1) is 0 Å². The van der Waals surface area contributed by atoms with E-state index < -0.39 is 17.7 Å². The van der Waals surface area contributed by atoms with E-state index in [-0.39, 0.29) is 11.3 Å². The van der Waals surface area contributed by atoms with Crippen molar-refractivity contribution in [3.8, 4) is 0 Å². The van der Waals surface area contributed by atoms with Gasteiger partial charge in [0.05, 0.1) is 11.6 Å². The van der Waals surface area contributed by atoms with Gasteiger partial charge >= 0.3 is 0 Å². The van der Waals surface area contributed by atoms with Gasteiger partial charge in [-0.3, -0.25) is 9.59 Å². The van der Waals surface area contributed by atoms with Crippen LogP contribution in [0.15, 0.2) is 66.2 Å². The number of likely N-dealkylation sites (tertiary alicyclic amines) is 1. The van der Waals surface area contributed by atoms with Crippen molar-refractivity contribution in [2.45, 2.75) is 52.0 Å². The minimum Gasteiger partial charge on any atom is -0.507 e. The summed E-state index contributed by atoms with van der Waals surface area (Å²) >= 11 is 0. The molecule has 1 amide bonds. The number of carbonyl (C=O) groups excluding carboxylic acids is 2. The molecule has 0 saturated carbocycles. The lowest BCUT2D eigenvalue weighted by Gasteiger charge is -2.27. The number of benzene rings is 2. The van der Waals surface area contributed by atoms with Gasteiger partial charge < -0.3 is 14.9 Å². The first-order valence-electron chi connectivity index (χ1n) is 12.2. The Kier molecular flexibility index (Phi) is 9.25. The highest BCUT2D eigenvalue weighted by Gasteiger charge is 2.45. The predicted octanol–water partition coefficient (Wildman–Crippen LogP) is 5.40. The molecule has 3 rings (SSSR count). The molecule has 0 bridgehead atoms. The summed E-state index contributed by atoms with van der Waals surface area (Å²) in [5, 5.41) is 11.0. The second-order valence-corrected chi connectivity index (χ2v) is 8.67. The van der Waals surface area contributed by atoms with Crippen molar-refractivity contribution < 1.29 is 14.7 Å². The van der Waals surface area contributed by atoms with Crippen LogP contribution >= 0.6 is 0 Å². The van der Waals surface area contributed by atoms with E-state index in [0.29, 0.717) is 12.1 Å². The molecule has 0 aromatic heterocycles. The van der Waals surface area contributed by atoms with Crippen molar-refractivity contribution >= 4 is 17.4 Å². The number of unbranched alkanes of at least 4 members (excludes halogenated alkanes) is 2. The molecule has 176 valence electrons. The van der Waals surface area contributed by atoms with Gasteiger partial charge in [0.15, 0.2) is 0 Å². The van der Waals surface area contributed by atoms with Gasteiger partial charge in [0.2, 0.25) is 0 Å². The third-order valence-electron chi connectivity index (χ3n) is 6.23. The Morgan fingerprint density at radius 1 is 0.848 bits per heavy atom. The van der Waals surface area contributed by atoms with Gasteiger partial charge in [0.1, 0.15) is 5.76 Å². The van der Waals surface area contributed by atoms with Gasteiger partial charge in [-0.2, -0.15) is 0 Å². The van der Waals surface area contributed by atoms with Crippen molar-refractivity contribution in [2.75, 3.05) is 26.2 Å². The van der Waals surface area contributed by atoms with E-state index in [1.165, 1.54) is 0 Å². The van der Waals surface area contributed by atoms with E-state index in [1.54, 1.807) is 17.0 Å². The summed E-state index contributed by atoms with van der Waals surface area (Å²) in [5.41, 5.74) is 1.55. The van der Waals surface area contributed by atoms with Crippen LogP contribution in [0.5, 0.6) is 0 Å². The monoisotopic (exact) mass is 448 g/mol. The molecule has 0 spiro atoms. The number of aliphatic hydroxyl groups is 1. The van der Waals surface area contributed by atoms with E-state index in [9.17, 15) is 14.7 Å². The van der Waals surface area contributed by atoms with Gasteiger partial charge in [-0.05, 0) is 44.5 Å². The van der Waals surface area contributed by atoms with E-state index in [1.807, 2.05) is 48.5 Å².